The predicted molar refractivity (Wildman–Crippen MR) is 81.6 cm³/mol. The summed E-state index contributed by atoms with van der Waals surface area (Å²) in [6.45, 7) is 1.91. The number of hydrogen-bond donors (Lipinski definition) is 1. The highest BCUT2D eigenvalue weighted by Gasteiger charge is 2.02. The van der Waals surface area contributed by atoms with Crippen molar-refractivity contribution in [1.82, 2.24) is 4.98 Å². The number of aromatic nitrogens is 1. The summed E-state index contributed by atoms with van der Waals surface area (Å²) < 4.78 is 0. The summed E-state index contributed by atoms with van der Waals surface area (Å²) >= 11 is 0. The van der Waals surface area contributed by atoms with Gasteiger partial charge in [-0.25, -0.2) is 0 Å². The van der Waals surface area contributed by atoms with Gasteiger partial charge in [0, 0.05) is 24.0 Å². The fourth-order valence-corrected chi connectivity index (χ4v) is 2.11. The van der Waals surface area contributed by atoms with Crippen LogP contribution in [-0.4, -0.2) is 10.9 Å². The largest absolute Gasteiger partial charge is 0.326 e. The molecule has 0 aliphatic carbocycles. The minimum atomic E-state index is 0.0728. The molecule has 0 spiro atoms. The number of benzene rings is 1. The van der Waals surface area contributed by atoms with Crippen LogP contribution in [0.3, 0.4) is 0 Å². The first-order valence-corrected chi connectivity index (χ1v) is 7.00. The number of unbranched alkanes of at least 4 members (excludes halogenated alkanes) is 1. The Balaban J connectivity index is 1.68. The lowest BCUT2D eigenvalue weighted by atomic mass is 10.1. The molecule has 0 saturated heterocycles. The highest BCUT2D eigenvalue weighted by Crippen LogP contribution is 2.10. The fraction of sp³-hybridized carbons (Fsp3) is 0.294. The van der Waals surface area contributed by atoms with E-state index in [4.69, 9.17) is 0 Å². The lowest BCUT2D eigenvalue weighted by Gasteiger charge is -2.05. The van der Waals surface area contributed by atoms with Gasteiger partial charge < -0.3 is 5.32 Å². The van der Waals surface area contributed by atoms with Gasteiger partial charge in [0.25, 0.3) is 0 Å². The zero-order valence-electron chi connectivity index (χ0n) is 11.8. The molecule has 1 amide bonds. The predicted octanol–water partition coefficient (Wildman–Crippen LogP) is 3.74. The quantitative estimate of drug-likeness (QED) is 0.811. The van der Waals surface area contributed by atoms with Crippen LogP contribution in [0.1, 0.15) is 30.5 Å². The third-order valence-corrected chi connectivity index (χ3v) is 3.14. The maximum absolute atomic E-state index is 11.8. The number of amides is 1. The van der Waals surface area contributed by atoms with E-state index in [2.05, 4.69) is 22.4 Å². The molecule has 3 nitrogen and oxygen atoms in total. The van der Waals surface area contributed by atoms with Crippen LogP contribution in [0, 0.1) is 6.92 Å². The Morgan fingerprint density at radius 2 is 1.95 bits per heavy atom. The van der Waals surface area contributed by atoms with Crippen molar-refractivity contribution in [2.45, 2.75) is 32.6 Å². The van der Waals surface area contributed by atoms with Crippen molar-refractivity contribution >= 4 is 11.6 Å². The zero-order valence-corrected chi connectivity index (χ0v) is 11.8. The van der Waals surface area contributed by atoms with Crippen molar-refractivity contribution in [1.29, 1.82) is 0 Å². The van der Waals surface area contributed by atoms with Gasteiger partial charge in [-0.15, -0.1) is 0 Å². The second kappa shape index (κ2) is 7.43. The number of pyridine rings is 1. The van der Waals surface area contributed by atoms with Gasteiger partial charge in [0.15, 0.2) is 0 Å². The molecule has 2 rings (SSSR count). The molecule has 1 heterocycles. The Hall–Kier alpha value is -2.16. The molecule has 1 N–H and O–H groups in total. The Bertz CT molecular complexity index is 552. The first-order valence-electron chi connectivity index (χ1n) is 7.00. The van der Waals surface area contributed by atoms with E-state index >= 15 is 0 Å². The van der Waals surface area contributed by atoms with Crippen molar-refractivity contribution in [3.05, 3.63) is 59.9 Å². The molecule has 1 aromatic heterocycles. The zero-order chi connectivity index (χ0) is 14.2. The summed E-state index contributed by atoms with van der Waals surface area (Å²) in [5, 5.41) is 2.90. The Morgan fingerprint density at radius 3 is 2.70 bits per heavy atom. The lowest BCUT2D eigenvalue weighted by molar-refractivity contribution is -0.116. The second-order valence-corrected chi connectivity index (χ2v) is 4.93. The lowest BCUT2D eigenvalue weighted by Crippen LogP contribution is -2.11. The minimum Gasteiger partial charge on any atom is -0.326 e. The summed E-state index contributed by atoms with van der Waals surface area (Å²) in [5.74, 6) is 0.0728. The van der Waals surface area contributed by atoms with Crippen molar-refractivity contribution in [3.63, 3.8) is 0 Å². The van der Waals surface area contributed by atoms with Crippen LogP contribution in [0.5, 0.6) is 0 Å². The van der Waals surface area contributed by atoms with E-state index < -0.39 is 0 Å². The Labute approximate surface area is 120 Å². The van der Waals surface area contributed by atoms with Crippen LogP contribution in [0.4, 0.5) is 5.69 Å². The van der Waals surface area contributed by atoms with E-state index in [-0.39, 0.29) is 5.91 Å². The topological polar surface area (TPSA) is 42.0 Å². The molecule has 0 fully saturated rings. The van der Waals surface area contributed by atoms with Crippen molar-refractivity contribution in [3.8, 4) is 0 Å². The maximum Gasteiger partial charge on any atom is 0.224 e. The second-order valence-electron chi connectivity index (χ2n) is 4.93. The first kappa shape index (κ1) is 14.3. The molecular weight excluding hydrogens is 248 g/mol. The number of nitrogens with zero attached hydrogens (tertiary/aromatic N) is 1. The van der Waals surface area contributed by atoms with E-state index in [0.29, 0.717) is 6.42 Å². The van der Waals surface area contributed by atoms with Gasteiger partial charge in [0.05, 0.1) is 0 Å². The van der Waals surface area contributed by atoms with Gasteiger partial charge in [-0.3, -0.25) is 9.78 Å². The number of anilines is 1. The van der Waals surface area contributed by atoms with E-state index in [1.54, 1.807) is 6.20 Å². The maximum atomic E-state index is 11.8. The molecule has 3 heteroatoms. The number of hydrogen-bond acceptors (Lipinski definition) is 2. The van der Waals surface area contributed by atoms with Gasteiger partial charge in [0.2, 0.25) is 5.91 Å². The fourth-order valence-electron chi connectivity index (χ4n) is 2.11. The minimum absolute atomic E-state index is 0.0728. The van der Waals surface area contributed by atoms with E-state index in [0.717, 1.165) is 30.6 Å². The van der Waals surface area contributed by atoms with Gasteiger partial charge in [-0.1, -0.05) is 30.3 Å². The summed E-state index contributed by atoms with van der Waals surface area (Å²) in [7, 11) is 0. The van der Waals surface area contributed by atoms with Gasteiger partial charge in [-0.2, -0.15) is 0 Å². The van der Waals surface area contributed by atoms with Gasteiger partial charge in [-0.05, 0) is 43.9 Å². The normalized spacial score (nSPS) is 10.2. The first-order chi connectivity index (χ1) is 9.74. The molecule has 2 aromatic rings. The van der Waals surface area contributed by atoms with Gasteiger partial charge in [0.1, 0.15) is 0 Å². The van der Waals surface area contributed by atoms with Crippen LogP contribution >= 0.6 is 0 Å². The van der Waals surface area contributed by atoms with Crippen LogP contribution < -0.4 is 5.32 Å². The number of carbonyl (C=O) groups excluding carboxylic acids is 1. The molecule has 0 radical (unpaired) electrons. The van der Waals surface area contributed by atoms with Crippen molar-refractivity contribution in [2.24, 2.45) is 0 Å². The molecule has 1 aromatic carbocycles. The van der Waals surface area contributed by atoms with Crippen LogP contribution in [0.25, 0.3) is 0 Å². The summed E-state index contributed by atoms with van der Waals surface area (Å²) in [5.41, 5.74) is 3.06. The molecule has 104 valence electrons. The Kier molecular flexibility index (Phi) is 5.30. The average Bonchev–Trinajstić information content (AvgIpc) is 2.45. The molecule has 0 aliphatic rings. The van der Waals surface area contributed by atoms with E-state index in [9.17, 15) is 4.79 Å². The highest BCUT2D eigenvalue weighted by molar-refractivity contribution is 5.90. The number of carbonyl (C=O) groups is 1. The number of nitrogens with one attached hydrogen (secondary N) is 1. The van der Waals surface area contributed by atoms with Crippen molar-refractivity contribution < 1.29 is 4.79 Å². The van der Waals surface area contributed by atoms with Crippen LogP contribution in [0.2, 0.25) is 0 Å². The third kappa shape index (κ3) is 4.84. The monoisotopic (exact) mass is 268 g/mol. The highest BCUT2D eigenvalue weighted by atomic mass is 16.1. The van der Waals surface area contributed by atoms with E-state index in [1.807, 2.05) is 37.3 Å². The molecular formula is C17H20N2O. The molecule has 0 unspecified atom stereocenters. The average molecular weight is 268 g/mol. The molecule has 0 saturated carbocycles. The Morgan fingerprint density at radius 1 is 1.15 bits per heavy atom. The smallest absolute Gasteiger partial charge is 0.224 e. The SMILES string of the molecule is Cc1cc(NC(=O)CCCCc2ccccc2)ccn1. The summed E-state index contributed by atoms with van der Waals surface area (Å²) in [4.78, 5) is 15.9. The summed E-state index contributed by atoms with van der Waals surface area (Å²) in [6, 6.07) is 14.1. The number of rotatable bonds is 6. The molecule has 0 aliphatic heterocycles. The third-order valence-electron chi connectivity index (χ3n) is 3.14. The number of aryl methyl sites for hydroxylation is 2. The molecule has 20 heavy (non-hydrogen) atoms. The van der Waals surface area contributed by atoms with Gasteiger partial charge >= 0.3 is 0 Å². The van der Waals surface area contributed by atoms with Crippen LogP contribution in [0.15, 0.2) is 48.7 Å². The van der Waals surface area contributed by atoms with Crippen molar-refractivity contribution in [2.75, 3.05) is 5.32 Å². The molecule has 0 atom stereocenters. The summed E-state index contributed by atoms with van der Waals surface area (Å²) in [6.07, 6.45) is 5.24. The van der Waals surface area contributed by atoms with E-state index in [1.165, 1.54) is 5.56 Å². The standard InChI is InChI=1S/C17H20N2O/c1-14-13-16(11-12-18-14)19-17(20)10-6-5-9-15-7-3-2-4-8-15/h2-4,7-8,11-13H,5-6,9-10H2,1H3,(H,18,19,20). The van der Waals surface area contributed by atoms with Crippen LogP contribution in [-0.2, 0) is 11.2 Å². The molecule has 0 bridgehead atoms.